The van der Waals surface area contributed by atoms with Crippen LogP contribution in [0.25, 0.3) is 10.6 Å². The number of hydrogen-bond acceptors (Lipinski definition) is 4. The lowest BCUT2D eigenvalue weighted by Gasteiger charge is -1.99. The lowest BCUT2D eigenvalue weighted by molar-refractivity contribution is 0.102. The Morgan fingerprint density at radius 2 is 2.24 bits per heavy atom. The van der Waals surface area contributed by atoms with Crippen molar-refractivity contribution in [1.29, 1.82) is 0 Å². The Morgan fingerprint density at radius 3 is 2.82 bits per heavy atom. The number of ketones is 1. The van der Waals surface area contributed by atoms with Crippen LogP contribution in [0.1, 0.15) is 27.9 Å². The summed E-state index contributed by atoms with van der Waals surface area (Å²) in [6.07, 6.45) is 0. The minimum atomic E-state index is 0.0706. The minimum Gasteiger partial charge on any atom is -0.326 e. The van der Waals surface area contributed by atoms with Crippen molar-refractivity contribution in [3.05, 3.63) is 40.4 Å². The summed E-state index contributed by atoms with van der Waals surface area (Å²) in [5.41, 5.74) is 8.50. The minimum absolute atomic E-state index is 0.0706. The summed E-state index contributed by atoms with van der Waals surface area (Å²) in [6.45, 7) is 3.95. The summed E-state index contributed by atoms with van der Waals surface area (Å²) in [4.78, 5) is 16.6. The molecule has 4 heteroatoms. The lowest BCUT2D eigenvalue weighted by Crippen LogP contribution is -1.95. The van der Waals surface area contributed by atoms with Crippen molar-refractivity contribution in [3.63, 3.8) is 0 Å². The van der Waals surface area contributed by atoms with Gasteiger partial charge in [-0.15, -0.1) is 11.3 Å². The molecule has 1 aromatic carbocycles. The molecule has 0 aliphatic rings. The number of thiazole rings is 1. The average Bonchev–Trinajstić information content (AvgIpc) is 2.71. The number of carbonyl (C=O) groups excluding carboxylic acids is 1. The van der Waals surface area contributed by atoms with Gasteiger partial charge in [-0.2, -0.15) is 0 Å². The van der Waals surface area contributed by atoms with Crippen molar-refractivity contribution in [1.82, 2.24) is 4.98 Å². The van der Waals surface area contributed by atoms with E-state index >= 15 is 0 Å². The molecule has 2 N–H and O–H groups in total. The first-order valence-corrected chi connectivity index (χ1v) is 6.21. The number of rotatable bonds is 3. The summed E-state index contributed by atoms with van der Waals surface area (Å²) in [5, 5.41) is 0.878. The van der Waals surface area contributed by atoms with Gasteiger partial charge in [-0.1, -0.05) is 18.2 Å². The first-order valence-electron chi connectivity index (χ1n) is 5.39. The molecule has 0 aliphatic heterocycles. The van der Waals surface area contributed by atoms with E-state index in [9.17, 15) is 4.79 Å². The molecule has 1 aromatic heterocycles. The van der Waals surface area contributed by atoms with Crippen LogP contribution in [-0.2, 0) is 6.54 Å². The Bertz CT molecular complexity index is 560. The van der Waals surface area contributed by atoms with Gasteiger partial charge in [0.1, 0.15) is 5.01 Å². The first-order chi connectivity index (χ1) is 8.11. The van der Waals surface area contributed by atoms with Gasteiger partial charge >= 0.3 is 0 Å². The lowest BCUT2D eigenvalue weighted by atomic mass is 10.1. The average molecular weight is 246 g/mol. The number of aryl methyl sites for hydroxylation is 1. The SMILES string of the molecule is CC(=O)c1sc(-c2cccc(CN)c2)nc1C. The third-order valence-electron chi connectivity index (χ3n) is 2.53. The summed E-state index contributed by atoms with van der Waals surface area (Å²) in [7, 11) is 0. The van der Waals surface area contributed by atoms with E-state index in [0.29, 0.717) is 6.54 Å². The molecule has 2 rings (SSSR count). The standard InChI is InChI=1S/C13H14N2OS/c1-8-12(9(2)16)17-13(15-8)11-5-3-4-10(6-11)7-14/h3-6H,7,14H2,1-2H3. The number of Topliss-reactive ketones (excluding diaryl/α,β-unsaturated/α-hetero) is 1. The molecular formula is C13H14N2OS. The Kier molecular flexibility index (Phi) is 3.36. The van der Waals surface area contributed by atoms with Gasteiger partial charge in [0.25, 0.3) is 0 Å². The second-order valence-electron chi connectivity index (χ2n) is 3.89. The van der Waals surface area contributed by atoms with Crippen molar-refractivity contribution in [3.8, 4) is 10.6 Å². The van der Waals surface area contributed by atoms with Gasteiger partial charge in [-0.05, 0) is 18.6 Å². The van der Waals surface area contributed by atoms with E-state index in [1.165, 1.54) is 11.3 Å². The van der Waals surface area contributed by atoms with E-state index in [2.05, 4.69) is 4.98 Å². The zero-order valence-corrected chi connectivity index (χ0v) is 10.7. The molecule has 0 saturated carbocycles. The number of aromatic nitrogens is 1. The fraction of sp³-hybridized carbons (Fsp3) is 0.231. The Hall–Kier alpha value is -1.52. The third-order valence-corrected chi connectivity index (χ3v) is 3.83. The fourth-order valence-electron chi connectivity index (χ4n) is 1.68. The van der Waals surface area contributed by atoms with Crippen LogP contribution in [0.3, 0.4) is 0 Å². The molecule has 3 nitrogen and oxygen atoms in total. The molecule has 88 valence electrons. The van der Waals surface area contributed by atoms with Gasteiger partial charge in [0.15, 0.2) is 5.78 Å². The monoisotopic (exact) mass is 246 g/mol. The van der Waals surface area contributed by atoms with Crippen molar-refractivity contribution in [2.75, 3.05) is 0 Å². The maximum atomic E-state index is 11.4. The van der Waals surface area contributed by atoms with Crippen molar-refractivity contribution in [2.24, 2.45) is 5.73 Å². The van der Waals surface area contributed by atoms with Crippen molar-refractivity contribution < 1.29 is 4.79 Å². The molecule has 2 aromatic rings. The molecule has 1 heterocycles. The highest BCUT2D eigenvalue weighted by Crippen LogP contribution is 2.28. The molecule has 0 radical (unpaired) electrons. The third kappa shape index (κ3) is 2.43. The van der Waals surface area contributed by atoms with Crippen LogP contribution >= 0.6 is 11.3 Å². The van der Waals surface area contributed by atoms with Gasteiger partial charge < -0.3 is 5.73 Å². The van der Waals surface area contributed by atoms with Crippen LogP contribution in [0.2, 0.25) is 0 Å². The van der Waals surface area contributed by atoms with Crippen LogP contribution in [0.5, 0.6) is 0 Å². The van der Waals surface area contributed by atoms with Gasteiger partial charge in [0, 0.05) is 19.0 Å². The Morgan fingerprint density at radius 1 is 1.47 bits per heavy atom. The fourth-order valence-corrected chi connectivity index (χ4v) is 2.64. The Balaban J connectivity index is 2.46. The quantitative estimate of drug-likeness (QED) is 0.847. The second kappa shape index (κ2) is 4.77. The number of nitrogens with two attached hydrogens (primary N) is 1. The van der Waals surface area contributed by atoms with Gasteiger partial charge in [-0.3, -0.25) is 4.79 Å². The topological polar surface area (TPSA) is 56.0 Å². The largest absolute Gasteiger partial charge is 0.326 e. The van der Waals surface area contributed by atoms with E-state index in [1.807, 2.05) is 31.2 Å². The van der Waals surface area contributed by atoms with Crippen molar-refractivity contribution in [2.45, 2.75) is 20.4 Å². The molecule has 0 atom stereocenters. The van der Waals surface area contributed by atoms with E-state index < -0.39 is 0 Å². The molecule has 0 amide bonds. The zero-order valence-electron chi connectivity index (χ0n) is 9.86. The Labute approximate surface area is 104 Å². The molecule has 0 aliphatic carbocycles. The van der Waals surface area contributed by atoms with Crippen molar-refractivity contribution >= 4 is 17.1 Å². The van der Waals surface area contributed by atoms with E-state index in [0.717, 1.165) is 26.7 Å². The summed E-state index contributed by atoms with van der Waals surface area (Å²) in [6, 6.07) is 7.95. The van der Waals surface area contributed by atoms with E-state index in [-0.39, 0.29) is 5.78 Å². The number of carbonyl (C=O) groups is 1. The molecular weight excluding hydrogens is 232 g/mol. The number of hydrogen-bond donors (Lipinski definition) is 1. The maximum absolute atomic E-state index is 11.4. The molecule has 0 bridgehead atoms. The molecule has 17 heavy (non-hydrogen) atoms. The molecule has 0 spiro atoms. The molecule has 0 fully saturated rings. The predicted molar refractivity (Wildman–Crippen MR) is 70.2 cm³/mol. The zero-order chi connectivity index (χ0) is 12.4. The van der Waals surface area contributed by atoms with Gasteiger partial charge in [0.05, 0.1) is 10.6 Å². The summed E-state index contributed by atoms with van der Waals surface area (Å²) < 4.78 is 0. The highest BCUT2D eigenvalue weighted by atomic mass is 32.1. The highest BCUT2D eigenvalue weighted by Gasteiger charge is 2.12. The smallest absolute Gasteiger partial charge is 0.171 e. The number of nitrogens with zero attached hydrogens (tertiary/aromatic N) is 1. The second-order valence-corrected chi connectivity index (χ2v) is 4.89. The molecule has 0 unspecified atom stereocenters. The first kappa shape index (κ1) is 12.0. The maximum Gasteiger partial charge on any atom is 0.171 e. The summed E-state index contributed by atoms with van der Waals surface area (Å²) in [5.74, 6) is 0.0706. The van der Waals surface area contributed by atoms with Gasteiger partial charge in [-0.25, -0.2) is 4.98 Å². The normalized spacial score (nSPS) is 10.5. The van der Waals surface area contributed by atoms with Crippen LogP contribution in [-0.4, -0.2) is 10.8 Å². The number of benzene rings is 1. The van der Waals surface area contributed by atoms with Gasteiger partial charge in [0.2, 0.25) is 0 Å². The highest BCUT2D eigenvalue weighted by molar-refractivity contribution is 7.17. The van der Waals surface area contributed by atoms with Crippen LogP contribution in [0.4, 0.5) is 0 Å². The van der Waals surface area contributed by atoms with Crippen LogP contribution in [0.15, 0.2) is 24.3 Å². The predicted octanol–water partition coefficient (Wildman–Crippen LogP) is 2.78. The summed E-state index contributed by atoms with van der Waals surface area (Å²) >= 11 is 1.44. The van der Waals surface area contributed by atoms with E-state index in [1.54, 1.807) is 6.92 Å². The van der Waals surface area contributed by atoms with Crippen LogP contribution < -0.4 is 5.73 Å². The van der Waals surface area contributed by atoms with Crippen LogP contribution in [0, 0.1) is 6.92 Å². The molecule has 0 saturated heterocycles. The van der Waals surface area contributed by atoms with E-state index in [4.69, 9.17) is 5.73 Å².